The summed E-state index contributed by atoms with van der Waals surface area (Å²) in [6.45, 7) is 0.603. The maximum Gasteiger partial charge on any atom is 0.416 e. The van der Waals surface area contributed by atoms with Gasteiger partial charge in [-0.2, -0.15) is 13.2 Å². The van der Waals surface area contributed by atoms with Gasteiger partial charge in [-0.3, -0.25) is 9.78 Å². The Hall–Kier alpha value is -3.23. The van der Waals surface area contributed by atoms with Crippen molar-refractivity contribution in [2.24, 2.45) is 5.41 Å². The number of benzene rings is 1. The van der Waals surface area contributed by atoms with Crippen LogP contribution >= 0.6 is 0 Å². The van der Waals surface area contributed by atoms with Gasteiger partial charge in [0.25, 0.3) is 0 Å². The number of anilines is 1. The molecule has 2 N–H and O–H groups in total. The topological polar surface area (TPSA) is 79.8 Å². The second-order valence-corrected chi connectivity index (χ2v) is 7.75. The van der Waals surface area contributed by atoms with E-state index < -0.39 is 11.7 Å². The maximum absolute atomic E-state index is 12.9. The Labute approximate surface area is 169 Å². The first-order valence-electron chi connectivity index (χ1n) is 9.71. The molecule has 1 spiro atoms. The van der Waals surface area contributed by atoms with E-state index in [4.69, 9.17) is 0 Å². The molecule has 0 unspecified atom stereocenters. The van der Waals surface area contributed by atoms with Crippen LogP contribution in [0.4, 0.5) is 19.0 Å². The van der Waals surface area contributed by atoms with Crippen molar-refractivity contribution in [1.29, 1.82) is 0 Å². The van der Waals surface area contributed by atoms with Crippen LogP contribution in [0.5, 0.6) is 0 Å². The Morgan fingerprint density at radius 2 is 1.73 bits per heavy atom. The minimum Gasteiger partial charge on any atom is -0.364 e. The molecule has 1 amide bonds. The van der Waals surface area contributed by atoms with Crippen LogP contribution in [-0.4, -0.2) is 33.4 Å². The molecule has 2 aromatic heterocycles. The fraction of sp³-hybridized carbons (Fsp3) is 0.333. The summed E-state index contributed by atoms with van der Waals surface area (Å²) >= 11 is 0. The molecule has 5 rings (SSSR count). The first-order valence-corrected chi connectivity index (χ1v) is 9.71. The number of pyridine rings is 1. The van der Waals surface area contributed by atoms with Crippen molar-refractivity contribution < 1.29 is 18.0 Å². The highest BCUT2D eigenvalue weighted by Crippen LogP contribution is 2.52. The predicted molar refractivity (Wildman–Crippen MR) is 104 cm³/mol. The molecule has 1 aliphatic heterocycles. The number of amides is 1. The van der Waals surface area contributed by atoms with Crippen LogP contribution in [0, 0.1) is 5.41 Å². The maximum atomic E-state index is 12.9. The largest absolute Gasteiger partial charge is 0.416 e. The number of carbonyl (C=O) groups is 1. The number of aromatic nitrogens is 3. The van der Waals surface area contributed by atoms with E-state index in [1.165, 1.54) is 18.3 Å². The highest BCUT2D eigenvalue weighted by molar-refractivity contribution is 5.97. The molecule has 3 aromatic rings. The van der Waals surface area contributed by atoms with Gasteiger partial charge in [0.1, 0.15) is 11.0 Å². The summed E-state index contributed by atoms with van der Waals surface area (Å²) in [5.74, 6) is 0.600. The van der Waals surface area contributed by atoms with Gasteiger partial charge in [0, 0.05) is 36.7 Å². The van der Waals surface area contributed by atoms with Crippen molar-refractivity contribution in [1.82, 2.24) is 20.3 Å². The molecule has 9 heteroatoms. The summed E-state index contributed by atoms with van der Waals surface area (Å²) < 4.78 is 38.6. The molecule has 1 saturated carbocycles. The zero-order valence-electron chi connectivity index (χ0n) is 15.8. The number of alkyl halides is 3. The van der Waals surface area contributed by atoms with Gasteiger partial charge in [-0.25, -0.2) is 9.97 Å². The van der Waals surface area contributed by atoms with Crippen LogP contribution in [0.25, 0.3) is 22.2 Å². The fourth-order valence-electron chi connectivity index (χ4n) is 4.14. The van der Waals surface area contributed by atoms with Gasteiger partial charge in [-0.1, -0.05) is 12.1 Å². The molecule has 1 aromatic carbocycles. The van der Waals surface area contributed by atoms with Crippen LogP contribution in [0.15, 0.2) is 42.9 Å². The van der Waals surface area contributed by atoms with Crippen LogP contribution in [0.3, 0.4) is 0 Å². The Bertz CT molecular complexity index is 1130. The minimum atomic E-state index is -4.39. The van der Waals surface area contributed by atoms with Crippen molar-refractivity contribution in [3.63, 3.8) is 0 Å². The van der Waals surface area contributed by atoms with Crippen LogP contribution in [0.1, 0.15) is 24.8 Å². The first kappa shape index (κ1) is 18.8. The van der Waals surface area contributed by atoms with Crippen molar-refractivity contribution in [3.8, 4) is 11.1 Å². The van der Waals surface area contributed by atoms with Crippen molar-refractivity contribution in [2.75, 3.05) is 11.9 Å². The summed E-state index contributed by atoms with van der Waals surface area (Å²) in [6.07, 6.45) is 2.74. The average molecular weight is 413 g/mol. The summed E-state index contributed by atoms with van der Waals surface area (Å²) in [7, 11) is 0. The van der Waals surface area contributed by atoms with Gasteiger partial charge >= 0.3 is 6.18 Å². The van der Waals surface area contributed by atoms with Crippen molar-refractivity contribution in [2.45, 2.75) is 31.5 Å². The number of rotatable bonds is 3. The fourth-order valence-corrected chi connectivity index (χ4v) is 4.14. The lowest BCUT2D eigenvalue weighted by atomic mass is 9.89. The van der Waals surface area contributed by atoms with Crippen molar-refractivity contribution in [3.05, 3.63) is 48.4 Å². The van der Waals surface area contributed by atoms with Gasteiger partial charge in [0.05, 0.1) is 11.0 Å². The monoisotopic (exact) mass is 413 g/mol. The van der Waals surface area contributed by atoms with E-state index in [0.29, 0.717) is 34.5 Å². The molecule has 2 fully saturated rings. The van der Waals surface area contributed by atoms with E-state index in [-0.39, 0.29) is 17.4 Å². The molecule has 6 nitrogen and oxygen atoms in total. The number of hydrogen-bond acceptors (Lipinski definition) is 5. The zero-order valence-corrected chi connectivity index (χ0v) is 15.8. The molecule has 154 valence electrons. The Morgan fingerprint density at radius 3 is 2.40 bits per heavy atom. The third kappa shape index (κ3) is 3.05. The van der Waals surface area contributed by atoms with E-state index in [0.717, 1.165) is 31.4 Å². The Morgan fingerprint density at radius 1 is 1.03 bits per heavy atom. The number of hydrogen-bond donors (Lipinski definition) is 2. The van der Waals surface area contributed by atoms with Gasteiger partial charge in [0.2, 0.25) is 5.91 Å². The number of carbonyl (C=O) groups excluding carboxylic acids is 1. The third-order valence-corrected chi connectivity index (χ3v) is 5.96. The standard InChI is InChI=1S/C21H18F3N5O/c22-21(23,24)13-3-1-12(2-4-13)14-11-28-18(17-16(14)25-9-10-26-17)29-15-5-8-27-19(30)20(15)6-7-20/h1-4,9-11,15H,5-8H2,(H,27,30)(H,28,29)/t15-/m1/s1. The third-order valence-electron chi connectivity index (χ3n) is 5.96. The molecular formula is C21H18F3N5O. The lowest BCUT2D eigenvalue weighted by Gasteiger charge is -2.32. The number of halogens is 3. The Kier molecular flexibility index (Phi) is 4.16. The molecule has 0 bridgehead atoms. The number of fused-ring (bicyclic) bond motifs is 1. The lowest BCUT2D eigenvalue weighted by molar-refractivity contribution is -0.137. The average Bonchev–Trinajstić information content (AvgIpc) is 3.53. The molecule has 0 radical (unpaired) electrons. The molecule has 1 saturated heterocycles. The second-order valence-electron chi connectivity index (χ2n) is 7.75. The summed E-state index contributed by atoms with van der Waals surface area (Å²) in [5.41, 5.74) is 1.14. The highest BCUT2D eigenvalue weighted by Gasteiger charge is 2.57. The van der Waals surface area contributed by atoms with Crippen LogP contribution in [0.2, 0.25) is 0 Å². The molecule has 1 aliphatic carbocycles. The molecule has 2 aliphatic rings. The first-order chi connectivity index (χ1) is 14.4. The van der Waals surface area contributed by atoms with E-state index >= 15 is 0 Å². The predicted octanol–water partition coefficient (Wildman–Crippen LogP) is 3.79. The molecular weight excluding hydrogens is 395 g/mol. The van der Waals surface area contributed by atoms with Gasteiger partial charge in [-0.15, -0.1) is 0 Å². The quantitative estimate of drug-likeness (QED) is 0.683. The van der Waals surface area contributed by atoms with Gasteiger partial charge in [0.15, 0.2) is 5.82 Å². The van der Waals surface area contributed by atoms with E-state index in [1.807, 2.05) is 0 Å². The molecule has 30 heavy (non-hydrogen) atoms. The molecule has 3 heterocycles. The SMILES string of the molecule is O=C1NCC[C@@H](Nc2ncc(-c3ccc(C(F)(F)F)cc3)c3nccnc23)C12CC2. The summed E-state index contributed by atoms with van der Waals surface area (Å²) in [5, 5.41) is 6.32. The number of nitrogens with zero attached hydrogens (tertiary/aromatic N) is 3. The van der Waals surface area contributed by atoms with E-state index in [1.54, 1.807) is 12.4 Å². The summed E-state index contributed by atoms with van der Waals surface area (Å²) in [6, 6.07) is 4.86. The minimum absolute atomic E-state index is 0.0409. The highest BCUT2D eigenvalue weighted by atomic mass is 19.4. The van der Waals surface area contributed by atoms with Crippen LogP contribution in [-0.2, 0) is 11.0 Å². The van der Waals surface area contributed by atoms with Crippen LogP contribution < -0.4 is 10.6 Å². The summed E-state index contributed by atoms with van der Waals surface area (Å²) in [4.78, 5) is 25.6. The smallest absolute Gasteiger partial charge is 0.364 e. The van der Waals surface area contributed by atoms with Gasteiger partial charge in [-0.05, 0) is 37.0 Å². The molecule has 1 atom stereocenters. The zero-order chi connectivity index (χ0) is 20.9. The number of nitrogens with one attached hydrogen (secondary N) is 2. The van der Waals surface area contributed by atoms with E-state index in [2.05, 4.69) is 25.6 Å². The van der Waals surface area contributed by atoms with Gasteiger partial charge < -0.3 is 10.6 Å². The van der Waals surface area contributed by atoms with E-state index in [9.17, 15) is 18.0 Å². The second kappa shape index (κ2) is 6.65. The lowest BCUT2D eigenvalue weighted by Crippen LogP contribution is -2.49. The van der Waals surface area contributed by atoms with Crippen molar-refractivity contribution >= 4 is 22.8 Å². The normalized spacial score (nSPS) is 20.2. The Balaban J connectivity index is 1.52. The number of piperidine rings is 1.